The van der Waals surface area contributed by atoms with E-state index in [0.29, 0.717) is 0 Å². The van der Waals surface area contributed by atoms with Crippen molar-refractivity contribution in [1.82, 2.24) is 5.32 Å². The van der Waals surface area contributed by atoms with Crippen molar-refractivity contribution in [2.45, 2.75) is 44.4 Å². The molecule has 0 aliphatic heterocycles. The van der Waals surface area contributed by atoms with Crippen LogP contribution in [0.1, 0.15) is 38.9 Å². The molecule has 1 unspecified atom stereocenters. The second-order valence-corrected chi connectivity index (χ2v) is 6.05. The van der Waals surface area contributed by atoms with Gasteiger partial charge in [-0.3, -0.25) is 4.79 Å². The predicted octanol–water partition coefficient (Wildman–Crippen LogP) is 3.22. The third kappa shape index (κ3) is 5.59. The van der Waals surface area contributed by atoms with Crippen molar-refractivity contribution < 1.29 is 13.9 Å². The standard InChI is InChI=1S/C15H25NO3S/c1-4-16-15(2,14(17)18-3)9-5-6-11-20-12-13-8-7-10-19-13/h7-8,10,16H,4-6,9,11-12H2,1-3H3. The normalized spacial score (nSPS) is 13.9. The molecular formula is C15H25NO3S. The van der Waals surface area contributed by atoms with Gasteiger partial charge >= 0.3 is 5.97 Å². The quantitative estimate of drug-likeness (QED) is 0.531. The van der Waals surface area contributed by atoms with Gasteiger partial charge in [0, 0.05) is 0 Å². The summed E-state index contributed by atoms with van der Waals surface area (Å²) in [5.41, 5.74) is -0.560. The molecule has 1 rings (SSSR count). The van der Waals surface area contributed by atoms with Crippen LogP contribution < -0.4 is 5.32 Å². The molecule has 0 spiro atoms. The van der Waals surface area contributed by atoms with E-state index in [0.717, 1.165) is 43.1 Å². The summed E-state index contributed by atoms with van der Waals surface area (Å²) in [5, 5.41) is 3.23. The molecule has 0 radical (unpaired) electrons. The number of furan rings is 1. The van der Waals surface area contributed by atoms with Gasteiger partial charge in [0.15, 0.2) is 0 Å². The van der Waals surface area contributed by atoms with Crippen LogP contribution in [0.25, 0.3) is 0 Å². The Balaban J connectivity index is 2.18. The van der Waals surface area contributed by atoms with Crippen molar-refractivity contribution in [3.05, 3.63) is 24.2 Å². The highest BCUT2D eigenvalue weighted by Gasteiger charge is 2.32. The van der Waals surface area contributed by atoms with E-state index in [1.165, 1.54) is 7.11 Å². The van der Waals surface area contributed by atoms with Crippen LogP contribution in [0.2, 0.25) is 0 Å². The smallest absolute Gasteiger partial charge is 0.325 e. The molecule has 0 aromatic carbocycles. The molecule has 0 bridgehead atoms. The number of nitrogens with one attached hydrogen (secondary N) is 1. The number of carbonyl (C=O) groups is 1. The van der Waals surface area contributed by atoms with E-state index in [1.807, 2.05) is 37.7 Å². The second kappa shape index (κ2) is 9.08. The van der Waals surface area contributed by atoms with Gasteiger partial charge in [-0.15, -0.1) is 0 Å². The number of carbonyl (C=O) groups excluding carboxylic acids is 1. The van der Waals surface area contributed by atoms with Crippen molar-refractivity contribution >= 4 is 17.7 Å². The molecule has 114 valence electrons. The molecule has 20 heavy (non-hydrogen) atoms. The van der Waals surface area contributed by atoms with Crippen LogP contribution >= 0.6 is 11.8 Å². The van der Waals surface area contributed by atoms with E-state index < -0.39 is 5.54 Å². The van der Waals surface area contributed by atoms with Crippen molar-refractivity contribution in [2.24, 2.45) is 0 Å². The van der Waals surface area contributed by atoms with E-state index in [9.17, 15) is 4.79 Å². The summed E-state index contributed by atoms with van der Waals surface area (Å²) in [4.78, 5) is 11.8. The first-order valence-electron chi connectivity index (χ1n) is 7.06. The zero-order chi connectivity index (χ0) is 14.8. The highest BCUT2D eigenvalue weighted by Crippen LogP contribution is 2.19. The van der Waals surface area contributed by atoms with E-state index in [4.69, 9.17) is 9.15 Å². The molecule has 0 fully saturated rings. The fourth-order valence-electron chi connectivity index (χ4n) is 2.13. The van der Waals surface area contributed by atoms with Crippen LogP contribution in [0.5, 0.6) is 0 Å². The molecule has 0 amide bonds. The van der Waals surface area contributed by atoms with Crippen LogP contribution in [-0.2, 0) is 15.3 Å². The molecule has 1 atom stereocenters. The molecular weight excluding hydrogens is 274 g/mol. The van der Waals surface area contributed by atoms with Gasteiger partial charge in [-0.05, 0) is 44.2 Å². The zero-order valence-electron chi connectivity index (χ0n) is 12.6. The van der Waals surface area contributed by atoms with Crippen LogP contribution in [-0.4, -0.2) is 30.9 Å². The van der Waals surface area contributed by atoms with Crippen LogP contribution in [0, 0.1) is 0 Å². The van der Waals surface area contributed by atoms with E-state index in [1.54, 1.807) is 6.26 Å². The van der Waals surface area contributed by atoms with Gasteiger partial charge in [-0.1, -0.05) is 13.3 Å². The molecule has 1 N–H and O–H groups in total. The van der Waals surface area contributed by atoms with Gasteiger partial charge in [0.25, 0.3) is 0 Å². The Labute approximate surface area is 125 Å². The topological polar surface area (TPSA) is 51.5 Å². The van der Waals surface area contributed by atoms with Crippen LogP contribution in [0.15, 0.2) is 22.8 Å². The Morgan fingerprint density at radius 3 is 2.90 bits per heavy atom. The summed E-state index contributed by atoms with van der Waals surface area (Å²) in [6.07, 6.45) is 4.59. The van der Waals surface area contributed by atoms with Crippen molar-refractivity contribution in [3.8, 4) is 0 Å². The maximum Gasteiger partial charge on any atom is 0.325 e. The van der Waals surface area contributed by atoms with Crippen molar-refractivity contribution in [2.75, 3.05) is 19.4 Å². The lowest BCUT2D eigenvalue weighted by Crippen LogP contribution is -2.50. The summed E-state index contributed by atoms with van der Waals surface area (Å²) in [7, 11) is 1.44. The maximum atomic E-state index is 11.8. The Morgan fingerprint density at radius 1 is 1.50 bits per heavy atom. The molecule has 1 heterocycles. The number of rotatable bonds is 10. The van der Waals surface area contributed by atoms with Crippen molar-refractivity contribution in [1.29, 1.82) is 0 Å². The lowest BCUT2D eigenvalue weighted by molar-refractivity contribution is -0.148. The molecule has 0 saturated carbocycles. The molecule has 0 aliphatic rings. The number of likely N-dealkylation sites (N-methyl/N-ethyl adjacent to an activating group) is 1. The van der Waals surface area contributed by atoms with Gasteiger partial charge < -0.3 is 14.5 Å². The molecule has 0 aliphatic carbocycles. The van der Waals surface area contributed by atoms with Gasteiger partial charge in [0.2, 0.25) is 0 Å². The van der Waals surface area contributed by atoms with Gasteiger partial charge in [-0.25, -0.2) is 0 Å². The zero-order valence-corrected chi connectivity index (χ0v) is 13.4. The van der Waals surface area contributed by atoms with E-state index in [-0.39, 0.29) is 5.97 Å². The Morgan fingerprint density at radius 2 is 2.30 bits per heavy atom. The second-order valence-electron chi connectivity index (χ2n) is 4.94. The van der Waals surface area contributed by atoms with Gasteiger partial charge in [0.05, 0.1) is 19.1 Å². The average Bonchev–Trinajstić information content (AvgIpc) is 2.95. The summed E-state index contributed by atoms with van der Waals surface area (Å²) in [5.74, 6) is 2.82. The summed E-state index contributed by atoms with van der Waals surface area (Å²) < 4.78 is 10.2. The number of esters is 1. The lowest BCUT2D eigenvalue weighted by atomic mass is 9.95. The molecule has 1 aromatic heterocycles. The molecule has 0 saturated heterocycles. The number of unbranched alkanes of at least 4 members (excludes halogenated alkanes) is 1. The average molecular weight is 299 g/mol. The number of thioether (sulfide) groups is 1. The maximum absolute atomic E-state index is 11.8. The number of ether oxygens (including phenoxy) is 1. The van der Waals surface area contributed by atoms with Crippen LogP contribution in [0.3, 0.4) is 0 Å². The minimum Gasteiger partial charge on any atom is -0.468 e. The Hall–Kier alpha value is -0.940. The monoisotopic (exact) mass is 299 g/mol. The lowest BCUT2D eigenvalue weighted by Gasteiger charge is -2.27. The predicted molar refractivity (Wildman–Crippen MR) is 82.8 cm³/mol. The first-order valence-corrected chi connectivity index (χ1v) is 8.21. The van der Waals surface area contributed by atoms with Crippen molar-refractivity contribution in [3.63, 3.8) is 0 Å². The van der Waals surface area contributed by atoms with E-state index >= 15 is 0 Å². The molecule has 4 nitrogen and oxygen atoms in total. The number of hydrogen-bond acceptors (Lipinski definition) is 5. The largest absolute Gasteiger partial charge is 0.468 e. The minimum atomic E-state index is -0.560. The van der Waals surface area contributed by atoms with Gasteiger partial charge in [-0.2, -0.15) is 11.8 Å². The first-order chi connectivity index (χ1) is 9.62. The highest BCUT2D eigenvalue weighted by atomic mass is 32.2. The Kier molecular flexibility index (Phi) is 7.77. The van der Waals surface area contributed by atoms with E-state index in [2.05, 4.69) is 5.32 Å². The first kappa shape index (κ1) is 17.1. The summed E-state index contributed by atoms with van der Waals surface area (Å²) in [6.45, 7) is 4.68. The molecule has 5 heteroatoms. The third-order valence-electron chi connectivity index (χ3n) is 3.24. The third-order valence-corrected chi connectivity index (χ3v) is 4.31. The fraction of sp³-hybridized carbons (Fsp3) is 0.667. The summed E-state index contributed by atoms with van der Waals surface area (Å²) >= 11 is 1.86. The van der Waals surface area contributed by atoms with Gasteiger partial charge in [0.1, 0.15) is 11.3 Å². The Bertz CT molecular complexity index is 380. The SMILES string of the molecule is CCNC(C)(CCCCSCc1ccco1)C(=O)OC. The number of methoxy groups -OCH3 is 1. The van der Waals surface area contributed by atoms with Crippen LogP contribution in [0.4, 0.5) is 0 Å². The minimum absolute atomic E-state index is 0.178. The fourth-order valence-corrected chi connectivity index (χ4v) is 3.05. The highest BCUT2D eigenvalue weighted by molar-refractivity contribution is 7.98. The molecule has 1 aromatic rings. The summed E-state index contributed by atoms with van der Waals surface area (Å²) in [6, 6.07) is 3.90. The number of hydrogen-bond donors (Lipinski definition) is 1.